The first-order valence-corrected chi connectivity index (χ1v) is 8.06. The monoisotopic (exact) mass is 334 g/mol. The van der Waals surface area contributed by atoms with Crippen molar-refractivity contribution in [3.63, 3.8) is 0 Å². The molecule has 1 aromatic carbocycles. The van der Waals surface area contributed by atoms with Gasteiger partial charge in [-0.15, -0.1) is 0 Å². The lowest BCUT2D eigenvalue weighted by Gasteiger charge is -2.31. The minimum absolute atomic E-state index is 0.140. The van der Waals surface area contributed by atoms with Gasteiger partial charge in [-0.3, -0.25) is 0 Å². The van der Waals surface area contributed by atoms with E-state index in [-0.39, 0.29) is 11.2 Å². The first-order valence-electron chi connectivity index (χ1n) is 6.57. The molecule has 102 valence electrons. The molecular weight excluding hydrogens is 315 g/mol. The fourth-order valence-electron chi connectivity index (χ4n) is 2.23. The van der Waals surface area contributed by atoms with Crippen LogP contribution in [0.2, 0.25) is 5.02 Å². The molecular formula is C15H21BrClF. The summed E-state index contributed by atoms with van der Waals surface area (Å²) in [5, 5.41) is 1.52. The molecule has 0 aliphatic carbocycles. The zero-order valence-electron chi connectivity index (χ0n) is 11.1. The zero-order valence-corrected chi connectivity index (χ0v) is 13.5. The van der Waals surface area contributed by atoms with Gasteiger partial charge in [-0.05, 0) is 48.4 Å². The van der Waals surface area contributed by atoms with Crippen LogP contribution in [-0.4, -0.2) is 5.33 Å². The van der Waals surface area contributed by atoms with Gasteiger partial charge in [-0.25, -0.2) is 4.39 Å². The van der Waals surface area contributed by atoms with Crippen LogP contribution in [-0.2, 0) is 6.42 Å². The number of hydrogen-bond acceptors (Lipinski definition) is 0. The molecule has 0 aliphatic rings. The van der Waals surface area contributed by atoms with Crippen molar-refractivity contribution in [2.75, 3.05) is 5.33 Å². The average molecular weight is 336 g/mol. The van der Waals surface area contributed by atoms with E-state index >= 15 is 0 Å². The van der Waals surface area contributed by atoms with E-state index in [9.17, 15) is 4.39 Å². The molecule has 0 aliphatic heterocycles. The predicted octanol–water partition coefficient (Wildman–Crippen LogP) is 6.00. The van der Waals surface area contributed by atoms with E-state index in [1.165, 1.54) is 18.9 Å². The second kappa shape index (κ2) is 7.49. The molecule has 18 heavy (non-hydrogen) atoms. The summed E-state index contributed by atoms with van der Waals surface area (Å²) >= 11 is 9.57. The van der Waals surface area contributed by atoms with Crippen LogP contribution in [0.4, 0.5) is 4.39 Å². The van der Waals surface area contributed by atoms with Gasteiger partial charge < -0.3 is 0 Å². The molecule has 0 aromatic heterocycles. The quantitative estimate of drug-likeness (QED) is 0.536. The highest BCUT2D eigenvalue weighted by Gasteiger charge is 2.27. The number of halogens is 3. The van der Waals surface area contributed by atoms with Crippen molar-refractivity contribution in [1.29, 1.82) is 0 Å². The van der Waals surface area contributed by atoms with Crippen LogP contribution >= 0.6 is 27.5 Å². The molecule has 0 amide bonds. The molecule has 1 aromatic rings. The summed E-state index contributed by atoms with van der Waals surface area (Å²) in [6.07, 6.45) is 5.27. The van der Waals surface area contributed by atoms with Gasteiger partial charge in [0.1, 0.15) is 5.82 Å². The van der Waals surface area contributed by atoms with E-state index < -0.39 is 0 Å². The third kappa shape index (κ3) is 4.24. The van der Waals surface area contributed by atoms with Crippen LogP contribution in [0.25, 0.3) is 0 Å². The van der Waals surface area contributed by atoms with Gasteiger partial charge in [0.25, 0.3) is 0 Å². The first-order chi connectivity index (χ1) is 8.56. The zero-order chi connectivity index (χ0) is 13.6. The fourth-order valence-corrected chi connectivity index (χ4v) is 3.30. The Morgan fingerprint density at radius 1 is 1.33 bits per heavy atom. The van der Waals surface area contributed by atoms with Crippen molar-refractivity contribution >= 4 is 27.5 Å². The molecule has 1 unspecified atom stereocenters. The second-order valence-corrected chi connectivity index (χ2v) is 6.00. The Kier molecular flexibility index (Phi) is 6.65. The summed E-state index contributed by atoms with van der Waals surface area (Å²) in [4.78, 5) is 0. The van der Waals surface area contributed by atoms with Gasteiger partial charge in [-0.2, -0.15) is 0 Å². The van der Waals surface area contributed by atoms with Crippen molar-refractivity contribution in [2.24, 2.45) is 5.41 Å². The van der Waals surface area contributed by atoms with E-state index in [2.05, 4.69) is 29.8 Å². The largest absolute Gasteiger partial charge is 0.207 e. The highest BCUT2D eigenvalue weighted by Crippen LogP contribution is 2.36. The van der Waals surface area contributed by atoms with Crippen LogP contribution in [0.1, 0.15) is 45.1 Å². The van der Waals surface area contributed by atoms with E-state index in [0.717, 1.165) is 30.2 Å². The lowest BCUT2D eigenvalue weighted by atomic mass is 9.77. The number of benzene rings is 1. The standard InChI is InChI=1S/C15H21BrClF/c1-3-5-8-15(4-2,11-16)10-12-9-13(17)6-7-14(12)18/h6-7,9H,3-5,8,10-11H2,1-2H3. The molecule has 3 heteroatoms. The van der Waals surface area contributed by atoms with Crippen LogP contribution in [0.3, 0.4) is 0 Å². The Hall–Kier alpha value is -0.0800. The Morgan fingerprint density at radius 3 is 2.61 bits per heavy atom. The SMILES string of the molecule is CCCCC(CC)(CBr)Cc1cc(Cl)ccc1F. The second-order valence-electron chi connectivity index (χ2n) is 5.00. The molecule has 0 fully saturated rings. The molecule has 0 saturated heterocycles. The summed E-state index contributed by atoms with van der Waals surface area (Å²) in [6.45, 7) is 4.37. The Balaban J connectivity index is 2.91. The molecule has 0 heterocycles. The van der Waals surface area contributed by atoms with Crippen LogP contribution < -0.4 is 0 Å². The Labute approximate surface area is 123 Å². The minimum atomic E-state index is -0.144. The molecule has 1 atom stereocenters. The third-order valence-electron chi connectivity index (χ3n) is 3.67. The molecule has 1 rings (SSSR count). The summed E-state index contributed by atoms with van der Waals surface area (Å²) in [6, 6.07) is 4.83. The van der Waals surface area contributed by atoms with Crippen molar-refractivity contribution in [1.82, 2.24) is 0 Å². The maximum Gasteiger partial charge on any atom is 0.126 e. The Morgan fingerprint density at radius 2 is 2.06 bits per heavy atom. The van der Waals surface area contributed by atoms with Crippen molar-refractivity contribution in [3.8, 4) is 0 Å². The third-order valence-corrected chi connectivity index (χ3v) is 5.09. The summed E-state index contributed by atoms with van der Waals surface area (Å²) in [7, 11) is 0. The molecule has 0 N–H and O–H groups in total. The number of alkyl halides is 1. The summed E-state index contributed by atoms with van der Waals surface area (Å²) in [5.41, 5.74) is 0.876. The van der Waals surface area contributed by atoms with E-state index in [1.54, 1.807) is 12.1 Å². The summed E-state index contributed by atoms with van der Waals surface area (Å²) in [5.74, 6) is -0.144. The van der Waals surface area contributed by atoms with Gasteiger partial charge in [-0.1, -0.05) is 54.2 Å². The van der Waals surface area contributed by atoms with Crippen LogP contribution in [0.15, 0.2) is 18.2 Å². The van der Waals surface area contributed by atoms with Gasteiger partial charge in [0.05, 0.1) is 0 Å². The predicted molar refractivity (Wildman–Crippen MR) is 81.2 cm³/mol. The number of rotatable bonds is 7. The maximum atomic E-state index is 13.8. The summed E-state index contributed by atoms with van der Waals surface area (Å²) < 4.78 is 13.8. The topological polar surface area (TPSA) is 0 Å². The molecule has 0 bridgehead atoms. The fraction of sp³-hybridized carbons (Fsp3) is 0.600. The van der Waals surface area contributed by atoms with Crippen LogP contribution in [0.5, 0.6) is 0 Å². The van der Waals surface area contributed by atoms with Gasteiger partial charge in [0.2, 0.25) is 0 Å². The van der Waals surface area contributed by atoms with Crippen molar-refractivity contribution < 1.29 is 4.39 Å². The van der Waals surface area contributed by atoms with Crippen LogP contribution in [0, 0.1) is 11.2 Å². The van der Waals surface area contributed by atoms with E-state index in [1.807, 2.05) is 0 Å². The molecule has 0 spiro atoms. The minimum Gasteiger partial charge on any atom is -0.207 e. The normalized spacial score (nSPS) is 14.5. The van der Waals surface area contributed by atoms with E-state index in [4.69, 9.17) is 11.6 Å². The van der Waals surface area contributed by atoms with E-state index in [0.29, 0.717) is 5.02 Å². The van der Waals surface area contributed by atoms with Gasteiger partial charge in [0.15, 0.2) is 0 Å². The van der Waals surface area contributed by atoms with Crippen molar-refractivity contribution in [2.45, 2.75) is 46.0 Å². The lowest BCUT2D eigenvalue weighted by Crippen LogP contribution is -2.25. The molecule has 0 radical (unpaired) electrons. The highest BCUT2D eigenvalue weighted by atomic mass is 79.9. The van der Waals surface area contributed by atoms with Crippen molar-refractivity contribution in [3.05, 3.63) is 34.6 Å². The highest BCUT2D eigenvalue weighted by molar-refractivity contribution is 9.09. The van der Waals surface area contributed by atoms with Gasteiger partial charge in [0, 0.05) is 10.4 Å². The molecule has 0 nitrogen and oxygen atoms in total. The lowest BCUT2D eigenvalue weighted by molar-refractivity contribution is 0.280. The average Bonchev–Trinajstić information content (AvgIpc) is 2.39. The first kappa shape index (κ1) is 16.0. The number of hydrogen-bond donors (Lipinski definition) is 0. The Bertz CT molecular complexity index is 375. The number of unbranched alkanes of at least 4 members (excludes halogenated alkanes) is 1. The van der Waals surface area contributed by atoms with Gasteiger partial charge >= 0.3 is 0 Å². The maximum absolute atomic E-state index is 13.8. The smallest absolute Gasteiger partial charge is 0.126 e. The molecule has 0 saturated carbocycles.